The minimum absolute atomic E-state index is 0.329. The fourth-order valence-corrected chi connectivity index (χ4v) is 3.01. The number of piperazine rings is 1. The maximum atomic E-state index is 8.84. The molecule has 17 heavy (non-hydrogen) atoms. The Morgan fingerprint density at radius 1 is 1.00 bits per heavy atom. The van der Waals surface area contributed by atoms with E-state index in [2.05, 4.69) is 21.7 Å². The Balaban J connectivity index is 1.68. The van der Waals surface area contributed by atoms with E-state index in [-0.39, 0.29) is 0 Å². The second-order valence-corrected chi connectivity index (χ2v) is 5.49. The molecule has 0 amide bonds. The van der Waals surface area contributed by atoms with Crippen molar-refractivity contribution in [2.75, 3.05) is 59.5 Å². The minimum Gasteiger partial charge on any atom is -0.396 e. The monoisotopic (exact) mass is 241 g/mol. The number of aliphatic hydroxyl groups excluding tert-OH is 1. The van der Waals surface area contributed by atoms with Crippen molar-refractivity contribution in [1.29, 1.82) is 0 Å². The molecule has 2 aliphatic heterocycles. The molecule has 0 atom stereocenters. The molecule has 0 bridgehead atoms. The van der Waals surface area contributed by atoms with E-state index in [0.717, 1.165) is 19.0 Å². The third kappa shape index (κ3) is 3.91. The second-order valence-electron chi connectivity index (χ2n) is 5.49. The van der Waals surface area contributed by atoms with Gasteiger partial charge in [-0.25, -0.2) is 0 Å². The van der Waals surface area contributed by atoms with Gasteiger partial charge < -0.3 is 14.9 Å². The van der Waals surface area contributed by atoms with Gasteiger partial charge in [0.05, 0.1) is 0 Å². The van der Waals surface area contributed by atoms with Gasteiger partial charge in [-0.15, -0.1) is 0 Å². The molecule has 0 spiro atoms. The van der Waals surface area contributed by atoms with Gasteiger partial charge in [-0.1, -0.05) is 0 Å². The molecule has 2 rings (SSSR count). The summed E-state index contributed by atoms with van der Waals surface area (Å²) >= 11 is 0. The van der Waals surface area contributed by atoms with Gasteiger partial charge in [0.1, 0.15) is 0 Å². The molecule has 100 valence electrons. The smallest absolute Gasteiger partial charge is 0.0443 e. The van der Waals surface area contributed by atoms with Gasteiger partial charge in [-0.2, -0.15) is 0 Å². The predicted molar refractivity (Wildman–Crippen MR) is 70.2 cm³/mol. The molecule has 1 N–H and O–H groups in total. The average molecular weight is 241 g/mol. The fraction of sp³-hybridized carbons (Fsp3) is 1.00. The first-order valence-corrected chi connectivity index (χ1v) is 7.05. The molecule has 2 aliphatic rings. The number of aliphatic hydroxyl groups is 1. The van der Waals surface area contributed by atoms with Crippen LogP contribution in [-0.2, 0) is 0 Å². The standard InChI is InChI=1S/C13H27N3O/c1-14-6-3-13(4-7-14)16-10-8-15(9-11-16)5-2-12-17/h13,17H,2-12H2,1H3. The van der Waals surface area contributed by atoms with Crippen molar-refractivity contribution in [3.8, 4) is 0 Å². The number of piperidine rings is 1. The summed E-state index contributed by atoms with van der Waals surface area (Å²) in [5, 5.41) is 8.84. The molecule has 0 unspecified atom stereocenters. The van der Waals surface area contributed by atoms with Crippen molar-refractivity contribution in [2.45, 2.75) is 25.3 Å². The van der Waals surface area contributed by atoms with E-state index in [1.54, 1.807) is 0 Å². The van der Waals surface area contributed by atoms with E-state index >= 15 is 0 Å². The highest BCUT2D eigenvalue weighted by Crippen LogP contribution is 2.17. The molecule has 2 saturated heterocycles. The van der Waals surface area contributed by atoms with Crippen molar-refractivity contribution >= 4 is 0 Å². The first-order valence-electron chi connectivity index (χ1n) is 7.05. The number of hydrogen-bond acceptors (Lipinski definition) is 4. The Kier molecular flexibility index (Phi) is 5.22. The number of nitrogens with zero attached hydrogens (tertiary/aromatic N) is 3. The Labute approximate surface area is 105 Å². The van der Waals surface area contributed by atoms with Crippen LogP contribution in [0.15, 0.2) is 0 Å². The van der Waals surface area contributed by atoms with Crippen molar-refractivity contribution in [1.82, 2.24) is 14.7 Å². The molecule has 2 heterocycles. The van der Waals surface area contributed by atoms with Crippen LogP contribution >= 0.6 is 0 Å². The first-order chi connectivity index (χ1) is 8.29. The molecular formula is C13H27N3O. The van der Waals surface area contributed by atoms with Gasteiger partial charge in [-0.3, -0.25) is 4.90 Å². The maximum absolute atomic E-state index is 8.84. The Hall–Kier alpha value is -0.160. The Morgan fingerprint density at radius 3 is 2.24 bits per heavy atom. The van der Waals surface area contributed by atoms with Crippen molar-refractivity contribution in [3.63, 3.8) is 0 Å². The summed E-state index contributed by atoms with van der Waals surface area (Å²) in [5.41, 5.74) is 0. The first kappa shape index (κ1) is 13.3. The van der Waals surface area contributed by atoms with E-state index < -0.39 is 0 Å². The van der Waals surface area contributed by atoms with Gasteiger partial charge in [0.25, 0.3) is 0 Å². The molecule has 2 fully saturated rings. The highest BCUT2D eigenvalue weighted by Gasteiger charge is 2.25. The van der Waals surface area contributed by atoms with Gasteiger partial charge in [0.2, 0.25) is 0 Å². The number of likely N-dealkylation sites (tertiary alicyclic amines) is 1. The van der Waals surface area contributed by atoms with Crippen LogP contribution < -0.4 is 0 Å². The van der Waals surface area contributed by atoms with E-state index in [9.17, 15) is 0 Å². The van der Waals surface area contributed by atoms with E-state index in [4.69, 9.17) is 5.11 Å². The van der Waals surface area contributed by atoms with Crippen LogP contribution in [0.1, 0.15) is 19.3 Å². The number of hydrogen-bond donors (Lipinski definition) is 1. The summed E-state index contributed by atoms with van der Waals surface area (Å²) in [4.78, 5) is 7.61. The van der Waals surface area contributed by atoms with Crippen molar-refractivity contribution < 1.29 is 5.11 Å². The zero-order valence-electron chi connectivity index (χ0n) is 11.1. The van der Waals surface area contributed by atoms with Gasteiger partial charge in [-0.05, 0) is 39.4 Å². The van der Waals surface area contributed by atoms with Crippen LogP contribution in [0.25, 0.3) is 0 Å². The lowest BCUT2D eigenvalue weighted by atomic mass is 10.0. The lowest BCUT2D eigenvalue weighted by Gasteiger charge is -2.42. The predicted octanol–water partition coefficient (Wildman–Crippen LogP) is 0.0806. The lowest BCUT2D eigenvalue weighted by molar-refractivity contribution is 0.0623. The summed E-state index contributed by atoms with van der Waals surface area (Å²) in [7, 11) is 2.23. The highest BCUT2D eigenvalue weighted by molar-refractivity contribution is 4.82. The molecular weight excluding hydrogens is 214 g/mol. The third-order valence-corrected chi connectivity index (χ3v) is 4.24. The highest BCUT2D eigenvalue weighted by atomic mass is 16.3. The van der Waals surface area contributed by atoms with Gasteiger partial charge >= 0.3 is 0 Å². The molecule has 0 radical (unpaired) electrons. The molecule has 4 heteroatoms. The van der Waals surface area contributed by atoms with Gasteiger partial charge in [0, 0.05) is 45.4 Å². The molecule has 0 aliphatic carbocycles. The summed E-state index contributed by atoms with van der Waals surface area (Å²) in [6.07, 6.45) is 3.61. The van der Waals surface area contributed by atoms with Crippen LogP contribution in [0.2, 0.25) is 0 Å². The largest absolute Gasteiger partial charge is 0.396 e. The molecule has 0 saturated carbocycles. The second kappa shape index (κ2) is 6.69. The van der Waals surface area contributed by atoms with Crippen LogP contribution in [0.4, 0.5) is 0 Å². The third-order valence-electron chi connectivity index (χ3n) is 4.24. The molecule has 0 aromatic rings. The van der Waals surface area contributed by atoms with E-state index in [1.807, 2.05) is 0 Å². The van der Waals surface area contributed by atoms with Crippen molar-refractivity contribution in [2.24, 2.45) is 0 Å². The topological polar surface area (TPSA) is 30.0 Å². The van der Waals surface area contributed by atoms with Crippen LogP contribution in [0, 0.1) is 0 Å². The lowest BCUT2D eigenvalue weighted by Crippen LogP contribution is -2.52. The molecule has 4 nitrogen and oxygen atoms in total. The van der Waals surface area contributed by atoms with Crippen LogP contribution in [-0.4, -0.2) is 85.3 Å². The van der Waals surface area contributed by atoms with Crippen LogP contribution in [0.3, 0.4) is 0 Å². The van der Waals surface area contributed by atoms with E-state index in [1.165, 1.54) is 52.1 Å². The summed E-state index contributed by atoms with van der Waals surface area (Å²) < 4.78 is 0. The molecule has 0 aromatic heterocycles. The Bertz CT molecular complexity index is 209. The zero-order chi connectivity index (χ0) is 12.1. The average Bonchev–Trinajstić information content (AvgIpc) is 2.38. The fourth-order valence-electron chi connectivity index (χ4n) is 3.01. The summed E-state index contributed by atoms with van der Waals surface area (Å²) in [6.45, 7) is 8.73. The molecule has 0 aromatic carbocycles. The van der Waals surface area contributed by atoms with Crippen molar-refractivity contribution in [3.05, 3.63) is 0 Å². The van der Waals surface area contributed by atoms with Gasteiger partial charge in [0.15, 0.2) is 0 Å². The zero-order valence-corrected chi connectivity index (χ0v) is 11.1. The van der Waals surface area contributed by atoms with Crippen LogP contribution in [0.5, 0.6) is 0 Å². The maximum Gasteiger partial charge on any atom is 0.0443 e. The number of rotatable bonds is 4. The SMILES string of the molecule is CN1CCC(N2CCN(CCCO)CC2)CC1. The normalized spacial score (nSPS) is 26.5. The Morgan fingerprint density at radius 2 is 1.65 bits per heavy atom. The summed E-state index contributed by atoms with van der Waals surface area (Å²) in [5.74, 6) is 0. The summed E-state index contributed by atoms with van der Waals surface area (Å²) in [6, 6.07) is 0.825. The van der Waals surface area contributed by atoms with E-state index in [0.29, 0.717) is 6.61 Å². The minimum atomic E-state index is 0.329. The quantitative estimate of drug-likeness (QED) is 0.755.